The number of imidazole rings is 1. The Morgan fingerprint density at radius 1 is 1.14 bits per heavy atom. The van der Waals surface area contributed by atoms with Crippen molar-refractivity contribution in [3.63, 3.8) is 0 Å². The summed E-state index contributed by atoms with van der Waals surface area (Å²) in [6, 6.07) is 10.0. The quantitative estimate of drug-likeness (QED) is 0.792. The number of carbonyl (C=O) groups excluding carboxylic acids is 2. The summed E-state index contributed by atoms with van der Waals surface area (Å²) in [7, 11) is 0. The maximum atomic E-state index is 12.9. The van der Waals surface area contributed by atoms with Gasteiger partial charge < -0.3 is 14.8 Å². The number of aromatic amines is 1. The van der Waals surface area contributed by atoms with Gasteiger partial charge in [-0.25, -0.2) is 4.98 Å². The molecule has 1 fully saturated rings. The van der Waals surface area contributed by atoms with Gasteiger partial charge >= 0.3 is 0 Å². The molecular weight excluding hydrogens is 352 g/mol. The van der Waals surface area contributed by atoms with Crippen molar-refractivity contribution in [2.75, 3.05) is 19.6 Å². The lowest BCUT2D eigenvalue weighted by Gasteiger charge is -2.34. The molecule has 1 aromatic heterocycles. The van der Waals surface area contributed by atoms with Crippen molar-refractivity contribution in [1.82, 2.24) is 19.8 Å². The molecule has 28 heavy (non-hydrogen) atoms. The summed E-state index contributed by atoms with van der Waals surface area (Å²) in [5.74, 6) is 0.932. The second-order valence-electron chi connectivity index (χ2n) is 7.21. The van der Waals surface area contributed by atoms with E-state index in [2.05, 4.69) is 9.97 Å². The second kappa shape index (κ2) is 9.53. The van der Waals surface area contributed by atoms with Gasteiger partial charge in [0.25, 0.3) is 0 Å². The van der Waals surface area contributed by atoms with E-state index in [1.54, 1.807) is 4.90 Å². The molecule has 2 amide bonds. The molecule has 3 rings (SSSR count). The van der Waals surface area contributed by atoms with Gasteiger partial charge in [0.1, 0.15) is 5.82 Å². The van der Waals surface area contributed by atoms with Crippen molar-refractivity contribution in [2.45, 2.75) is 52.0 Å². The summed E-state index contributed by atoms with van der Waals surface area (Å²) in [6.07, 6.45) is 5.35. The topological polar surface area (TPSA) is 69.3 Å². The molecule has 0 spiro atoms. The van der Waals surface area contributed by atoms with E-state index in [-0.39, 0.29) is 30.7 Å². The molecule has 1 N–H and O–H groups in total. The summed E-state index contributed by atoms with van der Waals surface area (Å²) in [6.45, 7) is 6.02. The Balaban J connectivity index is 1.68. The van der Waals surface area contributed by atoms with E-state index >= 15 is 0 Å². The number of nitrogens with zero attached hydrogens (tertiary/aromatic N) is 3. The van der Waals surface area contributed by atoms with Crippen LogP contribution in [0.3, 0.4) is 0 Å². The lowest BCUT2D eigenvalue weighted by atomic mass is 10.0. The van der Waals surface area contributed by atoms with Crippen LogP contribution in [0.4, 0.5) is 0 Å². The van der Waals surface area contributed by atoms with Crippen LogP contribution in [-0.2, 0) is 9.59 Å². The number of nitrogens with one attached hydrogen (secondary N) is 1. The summed E-state index contributed by atoms with van der Waals surface area (Å²) in [5, 5.41) is 0. The fourth-order valence-electron chi connectivity index (χ4n) is 3.88. The zero-order valence-corrected chi connectivity index (χ0v) is 16.9. The number of amides is 2. The molecular formula is C22H30N4O2. The van der Waals surface area contributed by atoms with Crippen LogP contribution in [0.5, 0.6) is 0 Å². The highest BCUT2D eigenvalue weighted by Crippen LogP contribution is 2.31. The van der Waals surface area contributed by atoms with E-state index in [9.17, 15) is 9.59 Å². The van der Waals surface area contributed by atoms with Gasteiger partial charge in [0.15, 0.2) is 0 Å². The van der Waals surface area contributed by atoms with Crippen LogP contribution in [0.1, 0.15) is 57.8 Å². The van der Waals surface area contributed by atoms with Crippen LogP contribution in [0.2, 0.25) is 0 Å². The Bertz CT molecular complexity index is 783. The first-order valence-electron chi connectivity index (χ1n) is 10.3. The van der Waals surface area contributed by atoms with Gasteiger partial charge in [-0.15, -0.1) is 0 Å². The Hall–Kier alpha value is -2.63. The van der Waals surface area contributed by atoms with Crippen LogP contribution in [-0.4, -0.2) is 51.2 Å². The minimum Gasteiger partial charge on any atom is -0.343 e. The van der Waals surface area contributed by atoms with Gasteiger partial charge in [-0.1, -0.05) is 30.3 Å². The standard InChI is InChI=1S/C22H30N4O2/c1-3-25(4-2)20(27)13-14-21(28)26-15-9-8-12-19(26)22-23-16-18(24-22)17-10-6-5-7-11-17/h5-7,10-11,16,19H,3-4,8-9,12-15H2,1-2H3,(H,23,24). The molecule has 6 nitrogen and oxygen atoms in total. The normalized spacial score (nSPS) is 16.8. The Morgan fingerprint density at radius 3 is 2.61 bits per heavy atom. The van der Waals surface area contributed by atoms with Crippen molar-refractivity contribution < 1.29 is 9.59 Å². The first-order valence-corrected chi connectivity index (χ1v) is 10.3. The average molecular weight is 383 g/mol. The average Bonchev–Trinajstić information content (AvgIpc) is 3.23. The molecule has 1 unspecified atom stereocenters. The van der Waals surface area contributed by atoms with E-state index in [0.717, 1.165) is 42.9 Å². The molecule has 1 aliphatic heterocycles. The smallest absolute Gasteiger partial charge is 0.223 e. The Kier molecular flexibility index (Phi) is 6.85. The molecule has 0 saturated carbocycles. The summed E-state index contributed by atoms with van der Waals surface area (Å²) in [4.78, 5) is 36.8. The van der Waals surface area contributed by atoms with Gasteiger partial charge in [-0.05, 0) is 38.7 Å². The highest BCUT2D eigenvalue weighted by Gasteiger charge is 2.30. The monoisotopic (exact) mass is 382 g/mol. The number of hydrogen-bond acceptors (Lipinski definition) is 3. The van der Waals surface area contributed by atoms with Gasteiger partial charge in [0, 0.05) is 32.5 Å². The Labute approximate surface area is 166 Å². The van der Waals surface area contributed by atoms with Crippen molar-refractivity contribution >= 4 is 11.8 Å². The van der Waals surface area contributed by atoms with Crippen molar-refractivity contribution in [1.29, 1.82) is 0 Å². The molecule has 1 aromatic carbocycles. The fourth-order valence-corrected chi connectivity index (χ4v) is 3.88. The van der Waals surface area contributed by atoms with Crippen LogP contribution < -0.4 is 0 Å². The molecule has 0 bridgehead atoms. The SMILES string of the molecule is CCN(CC)C(=O)CCC(=O)N1CCCCC1c1ncc(-c2ccccc2)[nH]1. The summed E-state index contributed by atoms with van der Waals surface area (Å²) < 4.78 is 0. The number of rotatable bonds is 7. The molecule has 1 aliphatic rings. The summed E-state index contributed by atoms with van der Waals surface area (Å²) >= 11 is 0. The molecule has 2 heterocycles. The number of hydrogen-bond donors (Lipinski definition) is 1. The lowest BCUT2D eigenvalue weighted by Crippen LogP contribution is -2.39. The molecule has 0 aliphatic carbocycles. The maximum absolute atomic E-state index is 12.9. The third-order valence-corrected chi connectivity index (χ3v) is 5.49. The molecule has 1 saturated heterocycles. The molecule has 6 heteroatoms. The number of piperidine rings is 1. The van der Waals surface area contributed by atoms with E-state index in [4.69, 9.17) is 0 Å². The fraction of sp³-hybridized carbons (Fsp3) is 0.500. The Morgan fingerprint density at radius 2 is 1.89 bits per heavy atom. The minimum atomic E-state index is -0.0396. The van der Waals surface area contributed by atoms with Crippen LogP contribution in [0, 0.1) is 0 Å². The molecule has 1 atom stereocenters. The number of carbonyl (C=O) groups is 2. The third-order valence-electron chi connectivity index (χ3n) is 5.49. The predicted octanol–water partition coefficient (Wildman–Crippen LogP) is 3.78. The van der Waals surface area contributed by atoms with Crippen molar-refractivity contribution in [2.24, 2.45) is 0 Å². The van der Waals surface area contributed by atoms with Crippen molar-refractivity contribution in [3.05, 3.63) is 42.4 Å². The molecule has 150 valence electrons. The maximum Gasteiger partial charge on any atom is 0.223 e. The zero-order chi connectivity index (χ0) is 19.9. The highest BCUT2D eigenvalue weighted by molar-refractivity contribution is 5.84. The lowest BCUT2D eigenvalue weighted by molar-refractivity contribution is -0.139. The first kappa shape index (κ1) is 20.1. The first-order chi connectivity index (χ1) is 13.6. The van der Waals surface area contributed by atoms with Crippen LogP contribution in [0.15, 0.2) is 36.5 Å². The zero-order valence-electron chi connectivity index (χ0n) is 16.9. The van der Waals surface area contributed by atoms with Crippen LogP contribution in [0.25, 0.3) is 11.3 Å². The number of H-pyrrole nitrogens is 1. The van der Waals surface area contributed by atoms with E-state index in [1.807, 2.05) is 55.3 Å². The number of likely N-dealkylation sites (tertiary alicyclic amines) is 1. The number of benzene rings is 1. The minimum absolute atomic E-state index is 0.0396. The van der Waals surface area contributed by atoms with Gasteiger partial charge in [-0.2, -0.15) is 0 Å². The number of aromatic nitrogens is 2. The third kappa shape index (κ3) is 4.61. The highest BCUT2D eigenvalue weighted by atomic mass is 16.2. The largest absolute Gasteiger partial charge is 0.343 e. The second-order valence-corrected chi connectivity index (χ2v) is 7.21. The van der Waals surface area contributed by atoms with E-state index in [1.165, 1.54) is 0 Å². The summed E-state index contributed by atoms with van der Waals surface area (Å²) in [5.41, 5.74) is 2.05. The van der Waals surface area contributed by atoms with Gasteiger partial charge in [0.2, 0.25) is 11.8 Å². The van der Waals surface area contributed by atoms with Crippen molar-refractivity contribution in [3.8, 4) is 11.3 Å². The van der Waals surface area contributed by atoms with E-state index < -0.39 is 0 Å². The molecule has 0 radical (unpaired) electrons. The molecule has 2 aromatic rings. The van der Waals surface area contributed by atoms with E-state index in [0.29, 0.717) is 13.1 Å². The predicted molar refractivity (Wildman–Crippen MR) is 109 cm³/mol. The van der Waals surface area contributed by atoms with Gasteiger partial charge in [0.05, 0.1) is 17.9 Å². The van der Waals surface area contributed by atoms with Gasteiger partial charge in [-0.3, -0.25) is 9.59 Å². The van der Waals surface area contributed by atoms with Crippen LogP contribution >= 0.6 is 0 Å².